The van der Waals surface area contributed by atoms with Gasteiger partial charge in [-0.15, -0.1) is 13.2 Å². The van der Waals surface area contributed by atoms with Crippen LogP contribution in [0.3, 0.4) is 0 Å². The van der Waals surface area contributed by atoms with Gasteiger partial charge in [0.05, 0.1) is 11.0 Å². The number of hydrogen-bond acceptors (Lipinski definition) is 5. The molecule has 0 radical (unpaired) electrons. The lowest BCUT2D eigenvalue weighted by Gasteiger charge is -2.40. The normalized spacial score (nSPS) is 21.0. The molecule has 1 aromatic heterocycles. The van der Waals surface area contributed by atoms with Crippen molar-refractivity contribution in [3.8, 4) is 11.5 Å². The Morgan fingerprint density at radius 3 is 2.46 bits per heavy atom. The van der Waals surface area contributed by atoms with Gasteiger partial charge in [-0.2, -0.15) is 0 Å². The van der Waals surface area contributed by atoms with E-state index in [0.29, 0.717) is 34.9 Å². The number of nitrogens with zero attached hydrogens (tertiary/aromatic N) is 3. The predicted molar refractivity (Wildman–Crippen MR) is 143 cm³/mol. The van der Waals surface area contributed by atoms with E-state index in [0.717, 1.165) is 37.6 Å². The quantitative estimate of drug-likeness (QED) is 0.329. The summed E-state index contributed by atoms with van der Waals surface area (Å²) in [7, 11) is 1.81. The van der Waals surface area contributed by atoms with Gasteiger partial charge in [-0.1, -0.05) is 20.8 Å². The van der Waals surface area contributed by atoms with Crippen molar-refractivity contribution >= 4 is 28.6 Å². The first-order valence-corrected chi connectivity index (χ1v) is 13.4. The fourth-order valence-electron chi connectivity index (χ4n) is 5.90. The number of fused-ring (bicyclic) bond motifs is 1. The van der Waals surface area contributed by atoms with Crippen molar-refractivity contribution < 1.29 is 27.4 Å². The van der Waals surface area contributed by atoms with Crippen LogP contribution in [0.2, 0.25) is 0 Å². The average Bonchev–Trinajstić information content (AvgIpc) is 3.62. The smallest absolute Gasteiger partial charge is 0.484 e. The predicted octanol–water partition coefficient (Wildman–Crippen LogP) is 7.07. The summed E-state index contributed by atoms with van der Waals surface area (Å²) in [6.45, 7) is 6.79. The van der Waals surface area contributed by atoms with Gasteiger partial charge >= 0.3 is 6.36 Å². The number of alkyl halides is 3. The highest BCUT2D eigenvalue weighted by Crippen LogP contribution is 2.46. The number of nitrogens with one attached hydrogen (secondary N) is 1. The first kappa shape index (κ1) is 27.1. The maximum Gasteiger partial charge on any atom is 0.573 e. The highest BCUT2D eigenvalue weighted by Gasteiger charge is 2.35. The number of likely N-dealkylation sites (N-methyl/N-ethyl adjacent to an activating group) is 1. The summed E-state index contributed by atoms with van der Waals surface area (Å²) in [6, 6.07) is 11.8. The van der Waals surface area contributed by atoms with E-state index in [-0.39, 0.29) is 29.7 Å². The second kappa shape index (κ2) is 10.3. The van der Waals surface area contributed by atoms with Gasteiger partial charge in [0.1, 0.15) is 11.5 Å². The fourth-order valence-corrected chi connectivity index (χ4v) is 5.90. The first-order chi connectivity index (χ1) is 18.4. The molecular formula is C29H35F3N4O3. The van der Waals surface area contributed by atoms with Crippen LogP contribution >= 0.6 is 0 Å². The van der Waals surface area contributed by atoms with Crippen molar-refractivity contribution in [1.29, 1.82) is 0 Å². The molecule has 39 heavy (non-hydrogen) atoms. The lowest BCUT2D eigenvalue weighted by atomic mass is 9.70. The summed E-state index contributed by atoms with van der Waals surface area (Å²) in [5.74, 6) is 1.35. The largest absolute Gasteiger partial charge is 0.573 e. The number of rotatable bonds is 8. The van der Waals surface area contributed by atoms with Gasteiger partial charge in [-0.25, -0.2) is 4.98 Å². The number of anilines is 2. The van der Waals surface area contributed by atoms with E-state index in [1.807, 2.05) is 18.2 Å². The molecule has 0 aliphatic heterocycles. The Kier molecular flexibility index (Phi) is 7.15. The van der Waals surface area contributed by atoms with Crippen molar-refractivity contribution in [2.75, 3.05) is 19.0 Å². The van der Waals surface area contributed by atoms with Crippen molar-refractivity contribution in [2.24, 2.45) is 11.3 Å². The van der Waals surface area contributed by atoms with Crippen LogP contribution in [0, 0.1) is 11.3 Å². The molecule has 210 valence electrons. The lowest BCUT2D eigenvalue weighted by Crippen LogP contribution is -2.33. The standard InChI is InChI=1S/C29H35F3N4O3/c1-18-13-21(16-28(2,3)15-18)36-25-12-11-23(38-17-26(37)35(4)20-7-8-20)14-24(25)34-27(36)33-19-5-9-22(10-6-19)39-29(30,31)32/h5-6,9-12,14,18,20-21H,7-8,13,15-17H2,1-4H3,(H,33,34)/t18-,21-/m1/s1. The third kappa shape index (κ3) is 6.59. The Morgan fingerprint density at radius 1 is 1.13 bits per heavy atom. The van der Waals surface area contributed by atoms with Gasteiger partial charge in [-0.3, -0.25) is 4.79 Å². The van der Waals surface area contributed by atoms with E-state index in [1.54, 1.807) is 11.9 Å². The molecule has 5 rings (SSSR count). The van der Waals surface area contributed by atoms with Gasteiger partial charge in [0.25, 0.3) is 5.91 Å². The van der Waals surface area contributed by atoms with Gasteiger partial charge in [0.2, 0.25) is 5.95 Å². The van der Waals surface area contributed by atoms with Crippen molar-refractivity contribution in [1.82, 2.24) is 14.5 Å². The molecular weight excluding hydrogens is 509 g/mol. The molecule has 10 heteroatoms. The molecule has 0 spiro atoms. The van der Waals surface area contributed by atoms with Crippen molar-refractivity contribution in [3.63, 3.8) is 0 Å². The second-order valence-corrected chi connectivity index (χ2v) is 11.7. The Morgan fingerprint density at radius 2 is 1.82 bits per heavy atom. The van der Waals surface area contributed by atoms with E-state index in [9.17, 15) is 18.0 Å². The SMILES string of the molecule is C[C@@H]1C[C@@H](n2c(Nc3ccc(OC(F)(F)F)cc3)nc3cc(OCC(=O)N(C)C4CC4)ccc32)CC(C)(C)C1. The van der Waals surface area contributed by atoms with Crippen LogP contribution in [0.5, 0.6) is 11.5 Å². The van der Waals surface area contributed by atoms with E-state index >= 15 is 0 Å². The second-order valence-electron chi connectivity index (χ2n) is 11.7. The maximum absolute atomic E-state index is 12.6. The summed E-state index contributed by atoms with van der Waals surface area (Å²) in [5, 5.41) is 3.31. The average molecular weight is 545 g/mol. The number of carbonyl (C=O) groups is 1. The topological polar surface area (TPSA) is 68.6 Å². The van der Waals surface area contributed by atoms with Crippen LogP contribution in [-0.4, -0.2) is 46.4 Å². The number of ether oxygens (including phenoxy) is 2. The van der Waals surface area contributed by atoms with Crippen LogP contribution < -0.4 is 14.8 Å². The third-order valence-corrected chi connectivity index (χ3v) is 7.58. The van der Waals surface area contributed by atoms with Gasteiger partial charge in [-0.05, 0) is 79.8 Å². The number of benzene rings is 2. The van der Waals surface area contributed by atoms with Crippen LogP contribution in [-0.2, 0) is 4.79 Å². The van der Waals surface area contributed by atoms with Gasteiger partial charge in [0.15, 0.2) is 6.61 Å². The third-order valence-electron chi connectivity index (χ3n) is 7.58. The molecule has 3 aromatic rings. The lowest BCUT2D eigenvalue weighted by molar-refractivity contribution is -0.274. The summed E-state index contributed by atoms with van der Waals surface area (Å²) in [6.07, 6.45) is 0.427. The minimum Gasteiger partial charge on any atom is -0.484 e. The Balaban J connectivity index is 1.43. The zero-order valence-electron chi connectivity index (χ0n) is 22.7. The number of carbonyl (C=O) groups excluding carboxylic acids is 1. The van der Waals surface area contributed by atoms with Crippen LogP contribution in [0.4, 0.5) is 24.8 Å². The number of halogens is 3. The molecule has 0 saturated heterocycles. The van der Waals surface area contributed by atoms with E-state index < -0.39 is 6.36 Å². The minimum atomic E-state index is -4.74. The Hall–Kier alpha value is -3.43. The number of amides is 1. The molecule has 2 saturated carbocycles. The molecule has 2 aliphatic rings. The van der Waals surface area contributed by atoms with Crippen molar-refractivity contribution in [3.05, 3.63) is 42.5 Å². The zero-order valence-corrected chi connectivity index (χ0v) is 22.7. The fraction of sp³-hybridized carbons (Fsp3) is 0.517. The Bertz CT molecular complexity index is 1330. The Labute approximate surface area is 226 Å². The van der Waals surface area contributed by atoms with Crippen LogP contribution in [0.15, 0.2) is 42.5 Å². The molecule has 1 N–H and O–H groups in total. The van der Waals surface area contributed by atoms with Gasteiger partial charge in [0, 0.05) is 30.9 Å². The van der Waals surface area contributed by atoms with E-state index in [4.69, 9.17) is 9.72 Å². The molecule has 1 amide bonds. The number of aromatic nitrogens is 2. The van der Waals surface area contributed by atoms with E-state index in [1.165, 1.54) is 24.3 Å². The van der Waals surface area contributed by atoms with Crippen LogP contribution in [0.1, 0.15) is 58.9 Å². The summed E-state index contributed by atoms with van der Waals surface area (Å²) >= 11 is 0. The first-order valence-electron chi connectivity index (χ1n) is 13.4. The molecule has 2 fully saturated rings. The maximum atomic E-state index is 12.6. The minimum absolute atomic E-state index is 0.0367. The molecule has 2 aliphatic carbocycles. The highest BCUT2D eigenvalue weighted by atomic mass is 19.4. The number of hydrogen-bond donors (Lipinski definition) is 1. The molecule has 7 nitrogen and oxygen atoms in total. The monoisotopic (exact) mass is 544 g/mol. The van der Waals surface area contributed by atoms with Gasteiger partial charge < -0.3 is 24.3 Å². The molecule has 2 aromatic carbocycles. The highest BCUT2D eigenvalue weighted by molar-refractivity contribution is 5.82. The molecule has 1 heterocycles. The molecule has 0 unspecified atom stereocenters. The number of imidazole rings is 1. The van der Waals surface area contributed by atoms with Crippen LogP contribution in [0.25, 0.3) is 11.0 Å². The molecule has 0 bridgehead atoms. The molecule has 2 atom stereocenters. The van der Waals surface area contributed by atoms with E-state index in [2.05, 4.69) is 35.4 Å². The zero-order chi connectivity index (χ0) is 27.9. The summed E-state index contributed by atoms with van der Waals surface area (Å²) in [5.41, 5.74) is 2.39. The summed E-state index contributed by atoms with van der Waals surface area (Å²) in [4.78, 5) is 19.0. The van der Waals surface area contributed by atoms with Crippen molar-refractivity contribution in [2.45, 2.75) is 71.3 Å². The summed E-state index contributed by atoms with van der Waals surface area (Å²) < 4.78 is 49.8.